The van der Waals surface area contributed by atoms with Crippen molar-refractivity contribution in [2.75, 3.05) is 7.11 Å². The third-order valence-corrected chi connectivity index (χ3v) is 5.05. The van der Waals surface area contributed by atoms with E-state index in [4.69, 9.17) is 10.5 Å². The third kappa shape index (κ3) is 3.47. The predicted octanol–water partition coefficient (Wildman–Crippen LogP) is 1.38. The maximum absolute atomic E-state index is 13.6. The normalized spacial score (nSPS) is 23.6. The number of hydrogen-bond donors (Lipinski definition) is 2. The largest absolute Gasteiger partial charge is 0.494 e. The molecular weight excluding hydrogens is 283 g/mol. The zero-order chi connectivity index (χ0) is 14.8. The Bertz CT molecular complexity index is 569. The molecule has 0 atom stereocenters. The van der Waals surface area contributed by atoms with E-state index in [-0.39, 0.29) is 22.7 Å². The van der Waals surface area contributed by atoms with Gasteiger partial charge in [0, 0.05) is 12.1 Å². The smallest absolute Gasteiger partial charge is 0.240 e. The molecule has 112 valence electrons. The number of ether oxygens (including phenoxy) is 1. The van der Waals surface area contributed by atoms with E-state index in [0.29, 0.717) is 12.8 Å². The molecule has 1 fully saturated rings. The molecular formula is C13H19FN2O3S. The summed E-state index contributed by atoms with van der Waals surface area (Å²) in [5, 5.41) is 0. The summed E-state index contributed by atoms with van der Waals surface area (Å²) < 4.78 is 45.3. The number of sulfonamides is 1. The Kier molecular flexibility index (Phi) is 4.62. The van der Waals surface area contributed by atoms with Crippen LogP contribution in [0.1, 0.15) is 25.7 Å². The van der Waals surface area contributed by atoms with Crippen LogP contribution in [0.3, 0.4) is 0 Å². The summed E-state index contributed by atoms with van der Waals surface area (Å²) in [7, 11) is -2.38. The lowest BCUT2D eigenvalue weighted by Gasteiger charge is -2.26. The maximum Gasteiger partial charge on any atom is 0.240 e. The van der Waals surface area contributed by atoms with Crippen molar-refractivity contribution in [3.05, 3.63) is 24.0 Å². The highest BCUT2D eigenvalue weighted by molar-refractivity contribution is 7.89. The van der Waals surface area contributed by atoms with Crippen molar-refractivity contribution >= 4 is 10.0 Å². The molecule has 1 aromatic rings. The van der Waals surface area contributed by atoms with Crippen LogP contribution in [0.2, 0.25) is 0 Å². The van der Waals surface area contributed by atoms with Crippen molar-refractivity contribution in [2.45, 2.75) is 42.7 Å². The van der Waals surface area contributed by atoms with Gasteiger partial charge in [-0.05, 0) is 43.9 Å². The van der Waals surface area contributed by atoms with Crippen molar-refractivity contribution in [1.82, 2.24) is 4.72 Å². The first-order valence-electron chi connectivity index (χ1n) is 6.54. The number of nitrogens with one attached hydrogen (secondary N) is 1. The number of benzene rings is 1. The minimum absolute atomic E-state index is 0.0209. The van der Waals surface area contributed by atoms with E-state index in [9.17, 15) is 12.8 Å². The highest BCUT2D eigenvalue weighted by Crippen LogP contribution is 2.23. The first-order valence-corrected chi connectivity index (χ1v) is 8.02. The molecule has 1 aromatic carbocycles. The predicted molar refractivity (Wildman–Crippen MR) is 73.5 cm³/mol. The van der Waals surface area contributed by atoms with Crippen LogP contribution in [0.4, 0.5) is 4.39 Å². The van der Waals surface area contributed by atoms with Gasteiger partial charge in [0.25, 0.3) is 0 Å². The van der Waals surface area contributed by atoms with E-state index >= 15 is 0 Å². The number of methoxy groups -OCH3 is 1. The summed E-state index contributed by atoms with van der Waals surface area (Å²) in [5.41, 5.74) is 5.78. The molecule has 1 aliphatic carbocycles. The molecule has 0 aliphatic heterocycles. The second-order valence-corrected chi connectivity index (χ2v) is 6.74. The Labute approximate surface area is 118 Å². The topological polar surface area (TPSA) is 81.4 Å². The van der Waals surface area contributed by atoms with Gasteiger partial charge in [0.2, 0.25) is 10.0 Å². The molecule has 20 heavy (non-hydrogen) atoms. The molecule has 1 aliphatic rings. The van der Waals surface area contributed by atoms with Crippen LogP contribution in [0, 0.1) is 5.82 Å². The van der Waals surface area contributed by atoms with E-state index in [2.05, 4.69) is 4.72 Å². The second kappa shape index (κ2) is 6.07. The summed E-state index contributed by atoms with van der Waals surface area (Å²) in [5.74, 6) is -0.673. The van der Waals surface area contributed by atoms with E-state index in [1.54, 1.807) is 0 Å². The first-order chi connectivity index (χ1) is 9.42. The Morgan fingerprint density at radius 3 is 2.50 bits per heavy atom. The van der Waals surface area contributed by atoms with Gasteiger partial charge in [-0.2, -0.15) is 0 Å². The van der Waals surface area contributed by atoms with Crippen molar-refractivity contribution in [3.8, 4) is 5.75 Å². The zero-order valence-electron chi connectivity index (χ0n) is 11.3. The van der Waals surface area contributed by atoms with Crippen LogP contribution in [0.5, 0.6) is 5.75 Å². The lowest BCUT2D eigenvalue weighted by atomic mass is 9.93. The maximum atomic E-state index is 13.6. The minimum Gasteiger partial charge on any atom is -0.494 e. The van der Waals surface area contributed by atoms with Gasteiger partial charge in [0.1, 0.15) is 0 Å². The minimum atomic E-state index is -3.71. The Morgan fingerprint density at radius 2 is 1.95 bits per heavy atom. The van der Waals surface area contributed by atoms with E-state index in [0.717, 1.165) is 18.9 Å². The Hall–Kier alpha value is -1.18. The highest BCUT2D eigenvalue weighted by Gasteiger charge is 2.24. The molecule has 1 saturated carbocycles. The fourth-order valence-corrected chi connectivity index (χ4v) is 3.66. The van der Waals surface area contributed by atoms with E-state index < -0.39 is 15.8 Å². The highest BCUT2D eigenvalue weighted by atomic mass is 32.2. The number of rotatable bonds is 4. The molecule has 7 heteroatoms. The molecule has 0 unspecified atom stereocenters. The summed E-state index contributed by atoms with van der Waals surface area (Å²) in [6, 6.07) is 3.62. The van der Waals surface area contributed by atoms with Gasteiger partial charge >= 0.3 is 0 Å². The van der Waals surface area contributed by atoms with E-state index in [1.807, 2.05) is 0 Å². The molecule has 3 N–H and O–H groups in total. The average Bonchev–Trinajstić information content (AvgIpc) is 2.41. The van der Waals surface area contributed by atoms with Crippen molar-refractivity contribution in [3.63, 3.8) is 0 Å². The summed E-state index contributed by atoms with van der Waals surface area (Å²) in [6.45, 7) is 0. The van der Waals surface area contributed by atoms with Gasteiger partial charge in [-0.1, -0.05) is 0 Å². The van der Waals surface area contributed by atoms with Crippen LogP contribution < -0.4 is 15.2 Å². The standard InChI is InChI=1S/C13H19FN2O3S/c1-19-13-7-6-11(8-12(13)14)20(17,18)16-10-4-2-9(15)3-5-10/h6-10,16H,2-5,15H2,1H3. The summed E-state index contributed by atoms with van der Waals surface area (Å²) in [6.07, 6.45) is 3.01. The van der Waals surface area contributed by atoms with Gasteiger partial charge in [0.15, 0.2) is 11.6 Å². The number of halogens is 1. The first kappa shape index (κ1) is 15.2. The average molecular weight is 302 g/mol. The summed E-state index contributed by atoms with van der Waals surface area (Å²) in [4.78, 5) is -0.0920. The third-order valence-electron chi connectivity index (χ3n) is 3.53. The molecule has 0 amide bonds. The molecule has 0 radical (unpaired) electrons. The van der Waals surface area contributed by atoms with Crippen LogP contribution in [-0.4, -0.2) is 27.6 Å². The molecule has 0 heterocycles. The lowest BCUT2D eigenvalue weighted by Crippen LogP contribution is -2.40. The van der Waals surface area contributed by atoms with Crippen molar-refractivity contribution in [2.24, 2.45) is 5.73 Å². The summed E-state index contributed by atoms with van der Waals surface area (Å²) >= 11 is 0. The Balaban J connectivity index is 2.12. The van der Waals surface area contributed by atoms with Crippen LogP contribution in [0.15, 0.2) is 23.1 Å². The van der Waals surface area contributed by atoms with Crippen molar-refractivity contribution < 1.29 is 17.5 Å². The van der Waals surface area contributed by atoms with Gasteiger partial charge in [-0.15, -0.1) is 0 Å². The fourth-order valence-electron chi connectivity index (χ4n) is 2.34. The van der Waals surface area contributed by atoms with Crippen LogP contribution in [0.25, 0.3) is 0 Å². The Morgan fingerprint density at radius 1 is 1.30 bits per heavy atom. The van der Waals surface area contributed by atoms with Gasteiger partial charge in [-0.25, -0.2) is 17.5 Å². The SMILES string of the molecule is COc1ccc(S(=O)(=O)NC2CCC(N)CC2)cc1F. The van der Waals surface area contributed by atoms with Crippen molar-refractivity contribution in [1.29, 1.82) is 0 Å². The fraction of sp³-hybridized carbons (Fsp3) is 0.538. The second-order valence-electron chi connectivity index (χ2n) is 5.03. The molecule has 5 nitrogen and oxygen atoms in total. The quantitative estimate of drug-likeness (QED) is 0.880. The van der Waals surface area contributed by atoms with Gasteiger partial charge in [-0.3, -0.25) is 0 Å². The van der Waals surface area contributed by atoms with Gasteiger partial charge in [0.05, 0.1) is 12.0 Å². The molecule has 2 rings (SSSR count). The number of nitrogens with two attached hydrogens (primary N) is 1. The zero-order valence-corrected chi connectivity index (χ0v) is 12.1. The van der Waals surface area contributed by atoms with E-state index in [1.165, 1.54) is 19.2 Å². The van der Waals surface area contributed by atoms with Crippen LogP contribution >= 0.6 is 0 Å². The number of hydrogen-bond acceptors (Lipinski definition) is 4. The monoisotopic (exact) mass is 302 g/mol. The molecule has 0 spiro atoms. The molecule has 0 bridgehead atoms. The molecule has 0 saturated heterocycles. The molecule has 0 aromatic heterocycles. The van der Waals surface area contributed by atoms with Gasteiger partial charge < -0.3 is 10.5 Å². The van der Waals surface area contributed by atoms with Crippen LogP contribution in [-0.2, 0) is 10.0 Å². The lowest BCUT2D eigenvalue weighted by molar-refractivity contribution is 0.373.